The van der Waals surface area contributed by atoms with Gasteiger partial charge >= 0.3 is 0 Å². The van der Waals surface area contributed by atoms with Crippen molar-refractivity contribution in [2.24, 2.45) is 0 Å². The third kappa shape index (κ3) is 5.00. The Kier molecular flexibility index (Phi) is 6.20. The molecule has 1 amide bonds. The van der Waals surface area contributed by atoms with Crippen LogP contribution in [0.15, 0.2) is 42.5 Å². The Morgan fingerprint density at radius 3 is 2.31 bits per heavy atom. The molecule has 2 rings (SSSR count). The van der Waals surface area contributed by atoms with Crippen molar-refractivity contribution in [3.05, 3.63) is 73.8 Å². The molecule has 136 valence electrons. The first-order chi connectivity index (χ1) is 12.4. The van der Waals surface area contributed by atoms with Crippen molar-refractivity contribution in [2.45, 2.75) is 13.3 Å². The second-order valence-corrected chi connectivity index (χ2v) is 5.60. The molecule has 2 N–H and O–H groups in total. The van der Waals surface area contributed by atoms with Gasteiger partial charge in [-0.15, -0.1) is 0 Å². The maximum atomic E-state index is 11.9. The normalized spacial score (nSPS) is 10.2. The summed E-state index contributed by atoms with van der Waals surface area (Å²) in [5.74, 6) is -0.314. The van der Waals surface area contributed by atoms with Crippen molar-refractivity contribution in [3.63, 3.8) is 0 Å². The fraction of sp³-hybridized carbons (Fsp3) is 0.235. The van der Waals surface area contributed by atoms with E-state index in [9.17, 15) is 25.0 Å². The number of carbonyl (C=O) groups is 1. The SMILES string of the molecule is Cc1ccc(NCCCNC(=O)c2ccc([N+](=O)[O-])cc2)cc1[N+](=O)[O-]. The molecule has 0 fully saturated rings. The van der Waals surface area contributed by atoms with Crippen LogP contribution in [-0.2, 0) is 0 Å². The molecule has 2 aromatic carbocycles. The lowest BCUT2D eigenvalue weighted by molar-refractivity contribution is -0.385. The Labute approximate surface area is 149 Å². The second kappa shape index (κ2) is 8.56. The highest BCUT2D eigenvalue weighted by Gasteiger charge is 2.11. The number of aryl methyl sites for hydroxylation is 1. The lowest BCUT2D eigenvalue weighted by atomic mass is 10.2. The van der Waals surface area contributed by atoms with E-state index in [0.29, 0.717) is 36.3 Å². The third-order valence-corrected chi connectivity index (χ3v) is 3.71. The summed E-state index contributed by atoms with van der Waals surface area (Å²) in [6, 6.07) is 10.3. The maximum absolute atomic E-state index is 11.9. The summed E-state index contributed by atoms with van der Waals surface area (Å²) >= 11 is 0. The van der Waals surface area contributed by atoms with Gasteiger partial charge in [-0.3, -0.25) is 25.0 Å². The van der Waals surface area contributed by atoms with Crippen LogP contribution in [0, 0.1) is 27.2 Å². The van der Waals surface area contributed by atoms with Crippen molar-refractivity contribution in [1.82, 2.24) is 5.32 Å². The van der Waals surface area contributed by atoms with E-state index in [0.717, 1.165) is 0 Å². The van der Waals surface area contributed by atoms with Crippen molar-refractivity contribution < 1.29 is 14.6 Å². The number of hydrogen-bond donors (Lipinski definition) is 2. The Morgan fingerprint density at radius 1 is 1.00 bits per heavy atom. The molecule has 0 aromatic heterocycles. The van der Waals surface area contributed by atoms with E-state index < -0.39 is 9.85 Å². The lowest BCUT2D eigenvalue weighted by Crippen LogP contribution is -2.25. The van der Waals surface area contributed by atoms with E-state index in [1.54, 1.807) is 19.1 Å². The van der Waals surface area contributed by atoms with Crippen LogP contribution >= 0.6 is 0 Å². The van der Waals surface area contributed by atoms with Crippen LogP contribution in [0.2, 0.25) is 0 Å². The molecular formula is C17H18N4O5. The van der Waals surface area contributed by atoms with Gasteiger partial charge < -0.3 is 10.6 Å². The number of benzene rings is 2. The maximum Gasteiger partial charge on any atom is 0.274 e. The molecule has 0 atom stereocenters. The number of nitro benzene ring substituents is 2. The minimum absolute atomic E-state index is 0.0569. The smallest absolute Gasteiger partial charge is 0.274 e. The van der Waals surface area contributed by atoms with Crippen LogP contribution in [0.3, 0.4) is 0 Å². The van der Waals surface area contributed by atoms with E-state index in [1.165, 1.54) is 30.3 Å². The first-order valence-corrected chi connectivity index (χ1v) is 7.90. The predicted molar refractivity (Wildman–Crippen MR) is 96.4 cm³/mol. The van der Waals surface area contributed by atoms with Crippen molar-refractivity contribution in [3.8, 4) is 0 Å². The largest absolute Gasteiger partial charge is 0.385 e. The average Bonchev–Trinajstić information content (AvgIpc) is 2.62. The molecule has 0 aliphatic rings. The topological polar surface area (TPSA) is 127 Å². The van der Waals surface area contributed by atoms with E-state index in [4.69, 9.17) is 0 Å². The number of nitrogens with zero attached hydrogens (tertiary/aromatic N) is 2. The number of non-ortho nitro benzene ring substituents is 1. The number of carbonyl (C=O) groups excluding carboxylic acids is 1. The van der Waals surface area contributed by atoms with Crippen LogP contribution in [0.25, 0.3) is 0 Å². The Morgan fingerprint density at radius 2 is 1.69 bits per heavy atom. The van der Waals surface area contributed by atoms with Gasteiger partial charge in [0.2, 0.25) is 0 Å². The summed E-state index contributed by atoms with van der Waals surface area (Å²) in [6.07, 6.45) is 0.612. The molecular weight excluding hydrogens is 340 g/mol. The van der Waals surface area contributed by atoms with Crippen LogP contribution < -0.4 is 10.6 Å². The van der Waals surface area contributed by atoms with Crippen LogP contribution in [-0.4, -0.2) is 28.8 Å². The van der Waals surface area contributed by atoms with E-state index in [-0.39, 0.29) is 17.3 Å². The fourth-order valence-corrected chi connectivity index (χ4v) is 2.28. The van der Waals surface area contributed by atoms with Crippen molar-refractivity contribution in [1.29, 1.82) is 0 Å². The Balaban J connectivity index is 1.76. The van der Waals surface area contributed by atoms with Gasteiger partial charge in [0.05, 0.1) is 9.85 Å². The second-order valence-electron chi connectivity index (χ2n) is 5.60. The van der Waals surface area contributed by atoms with Crippen LogP contribution in [0.5, 0.6) is 0 Å². The van der Waals surface area contributed by atoms with Gasteiger partial charge in [-0.2, -0.15) is 0 Å². The zero-order valence-corrected chi connectivity index (χ0v) is 14.1. The summed E-state index contributed by atoms with van der Waals surface area (Å²) < 4.78 is 0. The van der Waals surface area contributed by atoms with Crippen LogP contribution in [0.4, 0.5) is 17.1 Å². The number of nitro groups is 2. The zero-order valence-electron chi connectivity index (χ0n) is 14.1. The molecule has 9 nitrogen and oxygen atoms in total. The minimum Gasteiger partial charge on any atom is -0.385 e. The van der Waals surface area contributed by atoms with Gasteiger partial charge in [0.15, 0.2) is 0 Å². The fourth-order valence-electron chi connectivity index (χ4n) is 2.28. The molecule has 0 radical (unpaired) electrons. The van der Waals surface area contributed by atoms with Gasteiger partial charge in [-0.1, -0.05) is 6.07 Å². The standard InChI is InChI=1S/C17H18N4O5/c1-12-3-6-14(11-16(12)21(25)26)18-9-2-10-19-17(22)13-4-7-15(8-5-13)20(23)24/h3-8,11,18H,2,9-10H2,1H3,(H,19,22). The zero-order chi connectivity index (χ0) is 19.1. The number of nitrogens with one attached hydrogen (secondary N) is 2. The molecule has 26 heavy (non-hydrogen) atoms. The number of anilines is 1. The first kappa shape index (κ1) is 18.8. The first-order valence-electron chi connectivity index (χ1n) is 7.90. The quantitative estimate of drug-likeness (QED) is 0.424. The van der Waals surface area contributed by atoms with Crippen molar-refractivity contribution >= 4 is 23.0 Å². The molecule has 0 aliphatic heterocycles. The van der Waals surface area contributed by atoms with Gasteiger partial charge in [0.25, 0.3) is 17.3 Å². The van der Waals surface area contributed by atoms with Crippen LogP contribution in [0.1, 0.15) is 22.3 Å². The molecule has 0 aliphatic carbocycles. The Hall–Kier alpha value is -3.49. The van der Waals surface area contributed by atoms with Gasteiger partial charge in [0.1, 0.15) is 0 Å². The highest BCUT2D eigenvalue weighted by atomic mass is 16.6. The number of amides is 1. The van der Waals surface area contributed by atoms with E-state index >= 15 is 0 Å². The van der Waals surface area contributed by atoms with Crippen molar-refractivity contribution in [2.75, 3.05) is 18.4 Å². The summed E-state index contributed by atoms with van der Waals surface area (Å²) in [4.78, 5) is 32.5. The molecule has 0 saturated carbocycles. The summed E-state index contributed by atoms with van der Waals surface area (Å²) in [5.41, 5.74) is 1.57. The average molecular weight is 358 g/mol. The number of rotatable bonds is 8. The molecule has 9 heteroatoms. The molecule has 0 saturated heterocycles. The van der Waals surface area contributed by atoms with Gasteiger partial charge in [0, 0.05) is 48.1 Å². The van der Waals surface area contributed by atoms with E-state index in [1.807, 2.05) is 0 Å². The molecule has 2 aromatic rings. The summed E-state index contributed by atoms with van der Waals surface area (Å²) in [6.45, 7) is 2.60. The lowest BCUT2D eigenvalue weighted by Gasteiger charge is -2.08. The summed E-state index contributed by atoms with van der Waals surface area (Å²) in [7, 11) is 0. The predicted octanol–water partition coefficient (Wildman–Crippen LogP) is 3.04. The molecule has 0 spiro atoms. The molecule has 0 bridgehead atoms. The highest BCUT2D eigenvalue weighted by Crippen LogP contribution is 2.22. The Bertz CT molecular complexity index is 820. The van der Waals surface area contributed by atoms with Gasteiger partial charge in [-0.25, -0.2) is 0 Å². The third-order valence-electron chi connectivity index (χ3n) is 3.71. The number of hydrogen-bond acceptors (Lipinski definition) is 6. The molecule has 0 unspecified atom stereocenters. The monoisotopic (exact) mass is 358 g/mol. The molecule has 0 heterocycles. The summed E-state index contributed by atoms with van der Waals surface area (Å²) in [5, 5.41) is 27.3. The highest BCUT2D eigenvalue weighted by molar-refractivity contribution is 5.94. The minimum atomic E-state index is -0.525. The van der Waals surface area contributed by atoms with E-state index in [2.05, 4.69) is 10.6 Å². The van der Waals surface area contributed by atoms with Gasteiger partial charge in [-0.05, 0) is 31.5 Å².